The normalized spacial score (nSPS) is 30.4. The first kappa shape index (κ1) is 13.9. The summed E-state index contributed by atoms with van der Waals surface area (Å²) in [4.78, 5) is 18.0. The molecule has 1 aliphatic carbocycles. The second kappa shape index (κ2) is 5.37. The Bertz CT molecular complexity index is 517. The van der Waals surface area contributed by atoms with E-state index in [0.29, 0.717) is 23.7 Å². The summed E-state index contributed by atoms with van der Waals surface area (Å²) in [7, 11) is 1.87. The average Bonchev–Trinajstić information content (AvgIpc) is 2.95. The first-order valence-corrected chi connectivity index (χ1v) is 7.60. The number of nitrogens with zero attached hydrogens (tertiary/aromatic N) is 3. The van der Waals surface area contributed by atoms with E-state index in [9.17, 15) is 9.90 Å². The predicted octanol–water partition coefficient (Wildman–Crippen LogP) is 2.29. The van der Waals surface area contributed by atoms with Crippen LogP contribution in [0.15, 0.2) is 6.20 Å². The molecular formula is C14H20ClN3O2. The van der Waals surface area contributed by atoms with Crippen molar-refractivity contribution in [1.29, 1.82) is 0 Å². The minimum atomic E-state index is -0.709. The molecule has 0 amide bonds. The Morgan fingerprint density at radius 2 is 2.25 bits per heavy atom. The zero-order valence-corrected chi connectivity index (χ0v) is 12.4. The molecule has 1 saturated heterocycles. The van der Waals surface area contributed by atoms with Crippen molar-refractivity contribution in [2.45, 2.75) is 50.7 Å². The fourth-order valence-corrected chi connectivity index (χ4v) is 3.90. The van der Waals surface area contributed by atoms with E-state index in [-0.39, 0.29) is 6.04 Å². The topological polar surface area (TPSA) is 58.4 Å². The molecule has 5 nitrogen and oxygen atoms in total. The van der Waals surface area contributed by atoms with Gasteiger partial charge in [0.2, 0.25) is 0 Å². The summed E-state index contributed by atoms with van der Waals surface area (Å²) in [6.45, 7) is 0.571. The maximum absolute atomic E-state index is 11.5. The lowest BCUT2D eigenvalue weighted by Crippen LogP contribution is -2.42. The number of halogens is 1. The molecule has 2 fully saturated rings. The fraction of sp³-hybridized carbons (Fsp3) is 0.714. The SMILES string of the molecule is Cn1c(Cl)cnc1CN1[C@@H]2CCCC[C@H]2C[C@H]1C(=O)O. The summed E-state index contributed by atoms with van der Waals surface area (Å²) < 4.78 is 1.83. The monoisotopic (exact) mass is 297 g/mol. The van der Waals surface area contributed by atoms with E-state index in [0.717, 1.165) is 25.1 Å². The second-order valence-corrected chi connectivity index (χ2v) is 6.32. The van der Waals surface area contributed by atoms with Gasteiger partial charge in [0.15, 0.2) is 0 Å². The lowest BCUT2D eigenvalue weighted by molar-refractivity contribution is -0.143. The van der Waals surface area contributed by atoms with Crippen LogP contribution in [-0.2, 0) is 18.4 Å². The van der Waals surface area contributed by atoms with E-state index in [1.165, 1.54) is 12.8 Å². The minimum absolute atomic E-state index is 0.376. The Balaban J connectivity index is 1.84. The minimum Gasteiger partial charge on any atom is -0.480 e. The number of carboxylic acids is 1. The summed E-state index contributed by atoms with van der Waals surface area (Å²) in [5.41, 5.74) is 0. The Morgan fingerprint density at radius 1 is 1.50 bits per heavy atom. The third-order valence-electron chi connectivity index (χ3n) is 4.86. The molecule has 1 aromatic rings. The third kappa shape index (κ3) is 2.33. The molecule has 6 heteroatoms. The molecule has 0 bridgehead atoms. The molecule has 0 unspecified atom stereocenters. The maximum Gasteiger partial charge on any atom is 0.320 e. The van der Waals surface area contributed by atoms with Crippen LogP contribution >= 0.6 is 11.6 Å². The van der Waals surface area contributed by atoms with Crippen LogP contribution in [0.4, 0.5) is 0 Å². The van der Waals surface area contributed by atoms with Gasteiger partial charge in [0.1, 0.15) is 17.0 Å². The smallest absolute Gasteiger partial charge is 0.320 e. The molecule has 2 heterocycles. The van der Waals surface area contributed by atoms with Gasteiger partial charge in [-0.3, -0.25) is 9.69 Å². The van der Waals surface area contributed by atoms with Gasteiger partial charge in [-0.2, -0.15) is 0 Å². The molecule has 3 rings (SSSR count). The Kier molecular flexibility index (Phi) is 3.73. The largest absolute Gasteiger partial charge is 0.480 e. The van der Waals surface area contributed by atoms with Gasteiger partial charge in [-0.15, -0.1) is 0 Å². The van der Waals surface area contributed by atoms with Gasteiger partial charge in [0, 0.05) is 13.1 Å². The van der Waals surface area contributed by atoms with E-state index in [2.05, 4.69) is 9.88 Å². The maximum atomic E-state index is 11.5. The van der Waals surface area contributed by atoms with Crippen molar-refractivity contribution in [3.05, 3.63) is 17.2 Å². The summed E-state index contributed by atoms with van der Waals surface area (Å²) >= 11 is 6.02. The second-order valence-electron chi connectivity index (χ2n) is 5.93. The number of aromatic nitrogens is 2. The van der Waals surface area contributed by atoms with Crippen molar-refractivity contribution in [3.8, 4) is 0 Å². The highest BCUT2D eigenvalue weighted by Crippen LogP contribution is 2.40. The van der Waals surface area contributed by atoms with Crippen LogP contribution in [0.1, 0.15) is 37.9 Å². The molecule has 1 saturated carbocycles. The third-order valence-corrected chi connectivity index (χ3v) is 5.21. The summed E-state index contributed by atoms with van der Waals surface area (Å²) in [6.07, 6.45) is 7.10. The fourth-order valence-electron chi connectivity index (χ4n) is 3.76. The summed E-state index contributed by atoms with van der Waals surface area (Å²) in [5, 5.41) is 10.1. The lowest BCUT2D eigenvalue weighted by Gasteiger charge is -2.32. The highest BCUT2D eigenvalue weighted by Gasteiger charge is 2.45. The molecule has 0 aromatic carbocycles. The van der Waals surface area contributed by atoms with Crippen molar-refractivity contribution < 1.29 is 9.90 Å². The van der Waals surface area contributed by atoms with Gasteiger partial charge in [0.25, 0.3) is 0 Å². The highest BCUT2D eigenvalue weighted by atomic mass is 35.5. The van der Waals surface area contributed by atoms with Crippen LogP contribution in [0.2, 0.25) is 5.15 Å². The van der Waals surface area contributed by atoms with Crippen LogP contribution in [-0.4, -0.2) is 37.6 Å². The predicted molar refractivity (Wildman–Crippen MR) is 75.5 cm³/mol. The molecule has 0 spiro atoms. The molecule has 1 N–H and O–H groups in total. The van der Waals surface area contributed by atoms with Crippen molar-refractivity contribution in [1.82, 2.24) is 14.5 Å². The Labute approximate surface area is 123 Å². The molecule has 20 heavy (non-hydrogen) atoms. The number of fused-ring (bicyclic) bond motifs is 1. The van der Waals surface area contributed by atoms with Crippen molar-refractivity contribution >= 4 is 17.6 Å². The summed E-state index contributed by atoms with van der Waals surface area (Å²) in [5.74, 6) is 0.660. The first-order valence-electron chi connectivity index (χ1n) is 7.22. The molecule has 1 aromatic heterocycles. The van der Waals surface area contributed by atoms with E-state index < -0.39 is 5.97 Å². The van der Waals surface area contributed by atoms with Crippen LogP contribution in [0.5, 0.6) is 0 Å². The number of carboxylic acid groups (broad SMARTS) is 1. The van der Waals surface area contributed by atoms with Crippen LogP contribution in [0.3, 0.4) is 0 Å². The number of hydrogen-bond acceptors (Lipinski definition) is 3. The summed E-state index contributed by atoms with van der Waals surface area (Å²) in [6, 6.07) is 0.0129. The van der Waals surface area contributed by atoms with E-state index >= 15 is 0 Å². The molecule has 110 valence electrons. The molecule has 2 aliphatic rings. The number of hydrogen-bond donors (Lipinski definition) is 1. The van der Waals surface area contributed by atoms with Gasteiger partial charge in [-0.1, -0.05) is 24.4 Å². The average molecular weight is 298 g/mol. The van der Waals surface area contributed by atoms with Crippen LogP contribution in [0.25, 0.3) is 0 Å². The van der Waals surface area contributed by atoms with Crippen molar-refractivity contribution in [3.63, 3.8) is 0 Å². The lowest BCUT2D eigenvalue weighted by atomic mass is 9.85. The first-order chi connectivity index (χ1) is 9.58. The van der Waals surface area contributed by atoms with E-state index in [4.69, 9.17) is 11.6 Å². The molecule has 0 radical (unpaired) electrons. The number of rotatable bonds is 3. The Hall–Kier alpha value is -1.07. The van der Waals surface area contributed by atoms with Gasteiger partial charge in [-0.25, -0.2) is 4.98 Å². The molecular weight excluding hydrogens is 278 g/mol. The number of likely N-dealkylation sites (tertiary alicyclic amines) is 1. The number of carbonyl (C=O) groups is 1. The number of imidazole rings is 1. The van der Waals surface area contributed by atoms with Gasteiger partial charge < -0.3 is 9.67 Å². The zero-order chi connectivity index (χ0) is 14.3. The van der Waals surface area contributed by atoms with E-state index in [1.807, 2.05) is 11.6 Å². The Morgan fingerprint density at radius 3 is 2.90 bits per heavy atom. The molecule has 3 atom stereocenters. The highest BCUT2D eigenvalue weighted by molar-refractivity contribution is 6.29. The van der Waals surface area contributed by atoms with Gasteiger partial charge in [0.05, 0.1) is 12.7 Å². The standard InChI is InChI=1S/C14H20ClN3O2/c1-17-12(15)7-16-13(17)8-18-10-5-3-2-4-9(10)6-11(18)14(19)20/h7,9-11H,2-6,8H2,1H3,(H,19,20)/t9-,10+,11-/m0/s1. The number of aliphatic carboxylic acids is 1. The van der Waals surface area contributed by atoms with E-state index in [1.54, 1.807) is 6.20 Å². The van der Waals surface area contributed by atoms with Gasteiger partial charge >= 0.3 is 5.97 Å². The van der Waals surface area contributed by atoms with Gasteiger partial charge in [-0.05, 0) is 25.2 Å². The zero-order valence-electron chi connectivity index (χ0n) is 11.6. The quantitative estimate of drug-likeness (QED) is 0.930. The van der Waals surface area contributed by atoms with Crippen molar-refractivity contribution in [2.75, 3.05) is 0 Å². The molecule has 1 aliphatic heterocycles. The van der Waals surface area contributed by atoms with Crippen LogP contribution < -0.4 is 0 Å². The van der Waals surface area contributed by atoms with Crippen molar-refractivity contribution in [2.24, 2.45) is 13.0 Å². The van der Waals surface area contributed by atoms with Crippen LogP contribution in [0, 0.1) is 5.92 Å².